The highest BCUT2D eigenvalue weighted by atomic mass is 32.1. The molecule has 0 unspecified atom stereocenters. The van der Waals surface area contributed by atoms with Crippen molar-refractivity contribution in [2.75, 3.05) is 20.3 Å². The van der Waals surface area contributed by atoms with Crippen LogP contribution in [0.3, 0.4) is 0 Å². The molecule has 4 nitrogen and oxygen atoms in total. The second kappa shape index (κ2) is 9.00. The minimum Gasteiger partial charge on any atom is -0.497 e. The maximum absolute atomic E-state index is 13.4. The summed E-state index contributed by atoms with van der Waals surface area (Å²) in [5.74, 6) is 0.740. The van der Waals surface area contributed by atoms with Crippen molar-refractivity contribution in [2.24, 2.45) is 0 Å². The zero-order valence-corrected chi connectivity index (χ0v) is 17.2. The van der Waals surface area contributed by atoms with Crippen LogP contribution in [-0.2, 0) is 13.6 Å². The molecule has 0 amide bonds. The van der Waals surface area contributed by atoms with Crippen molar-refractivity contribution in [3.63, 3.8) is 0 Å². The Balaban J connectivity index is 2.48. The van der Waals surface area contributed by atoms with E-state index < -0.39 is 7.60 Å². The second-order valence-corrected chi connectivity index (χ2v) is 9.55. The molecule has 0 aliphatic heterocycles. The van der Waals surface area contributed by atoms with E-state index in [0.29, 0.717) is 13.2 Å². The molecule has 1 heterocycles. The Morgan fingerprint density at radius 3 is 2.08 bits per heavy atom. The van der Waals surface area contributed by atoms with Gasteiger partial charge >= 0.3 is 7.60 Å². The average Bonchev–Trinajstić information content (AvgIpc) is 3.02. The van der Waals surface area contributed by atoms with Gasteiger partial charge in [-0.15, -0.1) is 11.3 Å². The molecule has 0 bridgehead atoms. The summed E-state index contributed by atoms with van der Waals surface area (Å²) < 4.78 is 29.9. The zero-order chi connectivity index (χ0) is 18.4. The fourth-order valence-electron chi connectivity index (χ4n) is 2.93. The van der Waals surface area contributed by atoms with Gasteiger partial charge < -0.3 is 13.8 Å². The minimum atomic E-state index is -3.23. The lowest BCUT2D eigenvalue weighted by molar-refractivity contribution is 0.211. The number of aryl methyl sites for hydroxylation is 1. The van der Waals surface area contributed by atoms with E-state index >= 15 is 0 Å². The van der Waals surface area contributed by atoms with E-state index in [1.165, 1.54) is 4.88 Å². The van der Waals surface area contributed by atoms with Gasteiger partial charge in [-0.2, -0.15) is 0 Å². The molecule has 0 radical (unpaired) electrons. The van der Waals surface area contributed by atoms with Crippen molar-refractivity contribution in [1.29, 1.82) is 0 Å². The van der Waals surface area contributed by atoms with Gasteiger partial charge in [0.1, 0.15) is 5.75 Å². The summed E-state index contributed by atoms with van der Waals surface area (Å²) >= 11 is 1.72. The number of hydrogen-bond donors (Lipinski definition) is 0. The van der Waals surface area contributed by atoms with Crippen molar-refractivity contribution in [3.05, 3.63) is 51.7 Å². The first kappa shape index (κ1) is 20.2. The molecule has 2 rings (SSSR count). The van der Waals surface area contributed by atoms with E-state index in [9.17, 15) is 4.57 Å². The van der Waals surface area contributed by atoms with Gasteiger partial charge in [-0.1, -0.05) is 19.1 Å². The van der Waals surface area contributed by atoms with Crippen LogP contribution in [0.1, 0.15) is 42.0 Å². The number of methoxy groups -OCH3 is 1. The Morgan fingerprint density at radius 1 is 1.04 bits per heavy atom. The van der Waals surface area contributed by atoms with E-state index in [1.807, 2.05) is 45.0 Å². The third-order valence-electron chi connectivity index (χ3n) is 4.14. The third kappa shape index (κ3) is 4.73. The average molecular weight is 382 g/mol. The molecule has 1 aromatic heterocycles. The Labute approximate surface area is 154 Å². The first-order valence-electron chi connectivity index (χ1n) is 8.54. The number of thiophene rings is 1. The van der Waals surface area contributed by atoms with Crippen LogP contribution in [0.4, 0.5) is 0 Å². The first-order valence-corrected chi connectivity index (χ1v) is 11.0. The standard InChI is InChI=1S/C19H27O4PS/c1-6-22-24(20,23-7-2)15(4)19(18-13-8-14(3)25-18)16-9-11-17(21-5)12-10-16/h8-13,15,19H,6-7H2,1-5H3/t15-,19+/m1/s1. The lowest BCUT2D eigenvalue weighted by atomic mass is 9.94. The monoisotopic (exact) mass is 382 g/mol. The molecule has 0 saturated heterocycles. The van der Waals surface area contributed by atoms with Gasteiger partial charge in [0.2, 0.25) is 0 Å². The van der Waals surface area contributed by atoms with E-state index in [1.54, 1.807) is 18.4 Å². The van der Waals surface area contributed by atoms with Gasteiger partial charge in [0, 0.05) is 15.7 Å². The molecule has 0 fully saturated rings. The largest absolute Gasteiger partial charge is 0.497 e. The van der Waals surface area contributed by atoms with Crippen LogP contribution in [-0.4, -0.2) is 26.0 Å². The van der Waals surface area contributed by atoms with Crippen LogP contribution in [0.5, 0.6) is 5.75 Å². The minimum absolute atomic E-state index is 0.0615. The molecule has 138 valence electrons. The quantitative estimate of drug-likeness (QED) is 0.510. The molecule has 25 heavy (non-hydrogen) atoms. The molecule has 0 N–H and O–H groups in total. The summed E-state index contributed by atoms with van der Waals surface area (Å²) in [6.45, 7) is 8.44. The summed E-state index contributed by atoms with van der Waals surface area (Å²) in [7, 11) is -1.58. The number of benzene rings is 1. The number of hydrogen-bond acceptors (Lipinski definition) is 5. The fraction of sp³-hybridized carbons (Fsp3) is 0.474. The smallest absolute Gasteiger partial charge is 0.334 e. The van der Waals surface area contributed by atoms with E-state index in [4.69, 9.17) is 13.8 Å². The van der Waals surface area contributed by atoms with Crippen LogP contribution < -0.4 is 4.74 Å². The van der Waals surface area contributed by atoms with E-state index in [-0.39, 0.29) is 11.6 Å². The molecule has 0 aliphatic rings. The van der Waals surface area contributed by atoms with Crippen LogP contribution in [0.2, 0.25) is 0 Å². The van der Waals surface area contributed by atoms with E-state index in [0.717, 1.165) is 16.2 Å². The van der Waals surface area contributed by atoms with Crippen LogP contribution in [0, 0.1) is 6.92 Å². The number of ether oxygens (including phenoxy) is 1. The fourth-order valence-corrected chi connectivity index (χ4v) is 6.10. The highest BCUT2D eigenvalue weighted by molar-refractivity contribution is 7.54. The highest BCUT2D eigenvalue weighted by Gasteiger charge is 2.39. The van der Waals surface area contributed by atoms with Crippen LogP contribution in [0.15, 0.2) is 36.4 Å². The topological polar surface area (TPSA) is 44.8 Å². The van der Waals surface area contributed by atoms with Crippen LogP contribution >= 0.6 is 18.9 Å². The molecule has 2 atom stereocenters. The molecule has 0 aliphatic carbocycles. The molecule has 0 saturated carbocycles. The van der Waals surface area contributed by atoms with Gasteiger partial charge in [-0.05, 0) is 50.6 Å². The summed E-state index contributed by atoms with van der Waals surface area (Å²) in [6, 6.07) is 12.1. The number of rotatable bonds is 9. The van der Waals surface area contributed by atoms with Gasteiger partial charge in [0.05, 0.1) is 26.0 Å². The normalized spacial score (nSPS) is 14.3. The van der Waals surface area contributed by atoms with Gasteiger partial charge in [-0.25, -0.2) is 0 Å². The molecular formula is C19H27O4PS. The highest BCUT2D eigenvalue weighted by Crippen LogP contribution is 2.58. The lowest BCUT2D eigenvalue weighted by Gasteiger charge is -2.30. The molecular weight excluding hydrogens is 355 g/mol. The summed E-state index contributed by atoms with van der Waals surface area (Å²) in [5, 5.41) is 0. The Morgan fingerprint density at radius 2 is 1.64 bits per heavy atom. The van der Waals surface area contributed by atoms with Crippen molar-refractivity contribution >= 4 is 18.9 Å². The second-order valence-electron chi connectivity index (χ2n) is 5.82. The first-order chi connectivity index (χ1) is 11.9. The lowest BCUT2D eigenvalue weighted by Crippen LogP contribution is -2.19. The van der Waals surface area contributed by atoms with Crippen molar-refractivity contribution in [3.8, 4) is 5.75 Å². The molecule has 6 heteroatoms. The molecule has 1 aromatic carbocycles. The van der Waals surface area contributed by atoms with E-state index in [2.05, 4.69) is 19.1 Å². The van der Waals surface area contributed by atoms with Gasteiger partial charge in [0.25, 0.3) is 0 Å². The predicted molar refractivity (Wildman–Crippen MR) is 104 cm³/mol. The third-order valence-corrected chi connectivity index (χ3v) is 7.76. The van der Waals surface area contributed by atoms with Crippen LogP contribution in [0.25, 0.3) is 0 Å². The SMILES string of the molecule is CCOP(=O)(OCC)[C@H](C)[C@@H](c1ccc(OC)cc1)c1ccc(C)s1. The molecule has 0 spiro atoms. The van der Waals surface area contributed by atoms with Gasteiger partial charge in [0.15, 0.2) is 0 Å². The Kier molecular flexibility index (Phi) is 7.26. The molecule has 2 aromatic rings. The van der Waals surface area contributed by atoms with Crippen molar-refractivity contribution < 1.29 is 18.3 Å². The summed E-state index contributed by atoms with van der Waals surface area (Å²) in [5.41, 5.74) is 0.786. The van der Waals surface area contributed by atoms with Crippen molar-refractivity contribution in [1.82, 2.24) is 0 Å². The predicted octanol–water partition coefficient (Wildman–Crippen LogP) is 5.85. The zero-order valence-electron chi connectivity index (χ0n) is 15.5. The van der Waals surface area contributed by atoms with Crippen molar-refractivity contribution in [2.45, 2.75) is 39.3 Å². The summed E-state index contributed by atoms with van der Waals surface area (Å²) in [4.78, 5) is 2.39. The maximum atomic E-state index is 13.4. The Bertz CT molecular complexity index is 700. The summed E-state index contributed by atoms with van der Waals surface area (Å²) in [6.07, 6.45) is 0. The van der Waals surface area contributed by atoms with Gasteiger partial charge in [-0.3, -0.25) is 4.57 Å². The maximum Gasteiger partial charge on any atom is 0.334 e. The Hall–Kier alpha value is -1.13.